The summed E-state index contributed by atoms with van der Waals surface area (Å²) < 4.78 is 5.34. The largest absolute Gasteiger partial charge is 0.378 e. The smallest absolute Gasteiger partial charge is 0.191 e. The molecule has 1 aromatic carbocycles. The van der Waals surface area contributed by atoms with Crippen molar-refractivity contribution < 1.29 is 4.74 Å². The number of hydrogen-bond acceptors (Lipinski definition) is 2. The molecule has 2 fully saturated rings. The van der Waals surface area contributed by atoms with Gasteiger partial charge in [-0.15, -0.1) is 0 Å². The highest BCUT2D eigenvalue weighted by atomic mass is 16.5. The number of nitrogens with zero attached hydrogens (tertiary/aromatic N) is 2. The van der Waals surface area contributed by atoms with Gasteiger partial charge in [-0.1, -0.05) is 31.2 Å². The van der Waals surface area contributed by atoms with Crippen LogP contribution >= 0.6 is 0 Å². The molecule has 1 saturated heterocycles. The van der Waals surface area contributed by atoms with Crippen molar-refractivity contribution >= 4 is 5.96 Å². The lowest BCUT2D eigenvalue weighted by atomic mass is 9.93. The standard InChI is InChI=1S/C16H23N3O/c1-12-5-3-4-6-13(12)16(2)11-14(16)18-15(17)19-7-9-20-10-8-19/h3-6,14H,7-11H2,1-2H3,(H2,17,18). The lowest BCUT2D eigenvalue weighted by Gasteiger charge is -2.27. The number of guanidine groups is 1. The summed E-state index contributed by atoms with van der Waals surface area (Å²) in [4.78, 5) is 6.87. The Kier molecular flexibility index (Phi) is 3.42. The van der Waals surface area contributed by atoms with E-state index in [2.05, 4.69) is 43.0 Å². The summed E-state index contributed by atoms with van der Waals surface area (Å²) in [5, 5.41) is 0. The molecule has 2 N–H and O–H groups in total. The third-order valence-electron chi connectivity index (χ3n) is 4.58. The Morgan fingerprint density at radius 1 is 1.35 bits per heavy atom. The molecule has 1 aliphatic carbocycles. The Morgan fingerprint density at radius 2 is 2.05 bits per heavy atom. The van der Waals surface area contributed by atoms with Crippen LogP contribution in [0.3, 0.4) is 0 Å². The Morgan fingerprint density at radius 3 is 2.75 bits per heavy atom. The van der Waals surface area contributed by atoms with Crippen molar-refractivity contribution in [2.24, 2.45) is 10.7 Å². The first-order chi connectivity index (χ1) is 9.61. The van der Waals surface area contributed by atoms with Gasteiger partial charge < -0.3 is 15.4 Å². The fraction of sp³-hybridized carbons (Fsp3) is 0.562. The number of rotatable bonds is 2. The van der Waals surface area contributed by atoms with Crippen LogP contribution in [0.1, 0.15) is 24.5 Å². The average molecular weight is 273 g/mol. The highest BCUT2D eigenvalue weighted by Crippen LogP contribution is 2.51. The fourth-order valence-electron chi connectivity index (χ4n) is 3.07. The molecule has 2 aliphatic rings. The van der Waals surface area contributed by atoms with Gasteiger partial charge in [0, 0.05) is 18.5 Å². The maximum Gasteiger partial charge on any atom is 0.191 e. The van der Waals surface area contributed by atoms with E-state index in [1.165, 1.54) is 11.1 Å². The lowest BCUT2D eigenvalue weighted by molar-refractivity contribution is 0.0674. The van der Waals surface area contributed by atoms with Crippen LogP contribution in [0.4, 0.5) is 0 Å². The summed E-state index contributed by atoms with van der Waals surface area (Å²) in [6.07, 6.45) is 1.09. The second-order valence-electron chi connectivity index (χ2n) is 6.04. The van der Waals surface area contributed by atoms with Gasteiger partial charge >= 0.3 is 0 Å². The van der Waals surface area contributed by atoms with Gasteiger partial charge in [0.2, 0.25) is 0 Å². The summed E-state index contributed by atoms with van der Waals surface area (Å²) in [5.74, 6) is 0.676. The Labute approximate surface area is 120 Å². The molecule has 1 aliphatic heterocycles. The van der Waals surface area contributed by atoms with Gasteiger partial charge in [0.25, 0.3) is 0 Å². The lowest BCUT2D eigenvalue weighted by Crippen LogP contribution is -2.45. The van der Waals surface area contributed by atoms with Gasteiger partial charge in [0.15, 0.2) is 5.96 Å². The zero-order chi connectivity index (χ0) is 14.2. The molecule has 2 atom stereocenters. The van der Waals surface area contributed by atoms with Gasteiger partial charge in [-0.3, -0.25) is 0 Å². The molecule has 0 aromatic heterocycles. The minimum atomic E-state index is 0.155. The minimum Gasteiger partial charge on any atom is -0.378 e. The Hall–Kier alpha value is -1.55. The van der Waals surface area contributed by atoms with Crippen LogP contribution in [0.5, 0.6) is 0 Å². The number of hydrogen-bond donors (Lipinski definition) is 1. The van der Waals surface area contributed by atoms with Crippen LogP contribution in [0.15, 0.2) is 29.3 Å². The quantitative estimate of drug-likeness (QED) is 0.659. The average Bonchev–Trinajstić information content (AvgIpc) is 3.11. The molecule has 4 nitrogen and oxygen atoms in total. The first-order valence-electron chi connectivity index (χ1n) is 7.33. The summed E-state index contributed by atoms with van der Waals surface area (Å²) in [7, 11) is 0. The van der Waals surface area contributed by atoms with Crippen LogP contribution in [0.25, 0.3) is 0 Å². The predicted molar refractivity (Wildman–Crippen MR) is 81.0 cm³/mol. The molecule has 1 saturated carbocycles. The van der Waals surface area contributed by atoms with Crippen LogP contribution in [0, 0.1) is 6.92 Å². The molecule has 0 spiro atoms. The number of benzene rings is 1. The zero-order valence-electron chi connectivity index (χ0n) is 12.3. The van der Waals surface area contributed by atoms with E-state index in [-0.39, 0.29) is 5.41 Å². The van der Waals surface area contributed by atoms with Gasteiger partial charge in [0.1, 0.15) is 0 Å². The second-order valence-corrected chi connectivity index (χ2v) is 6.04. The van der Waals surface area contributed by atoms with E-state index in [9.17, 15) is 0 Å². The Balaban J connectivity index is 1.73. The number of ether oxygens (including phenoxy) is 1. The second kappa shape index (κ2) is 5.09. The number of aryl methyl sites for hydroxylation is 1. The third-order valence-corrected chi connectivity index (χ3v) is 4.58. The van der Waals surface area contributed by atoms with E-state index in [4.69, 9.17) is 15.5 Å². The summed E-state index contributed by atoms with van der Waals surface area (Å²) in [6, 6.07) is 8.90. The zero-order valence-corrected chi connectivity index (χ0v) is 12.3. The first-order valence-corrected chi connectivity index (χ1v) is 7.33. The predicted octanol–water partition coefficient (Wildman–Crippen LogP) is 1.67. The summed E-state index contributed by atoms with van der Waals surface area (Å²) in [6.45, 7) is 7.65. The number of morpholine rings is 1. The molecule has 2 unspecified atom stereocenters. The molecule has 4 heteroatoms. The van der Waals surface area contributed by atoms with Gasteiger partial charge in [-0.05, 0) is 24.5 Å². The normalized spacial score (nSPS) is 30.4. The van der Waals surface area contributed by atoms with E-state index in [0.717, 1.165) is 32.7 Å². The van der Waals surface area contributed by atoms with Crippen molar-refractivity contribution in [1.29, 1.82) is 0 Å². The molecule has 1 aromatic rings. The SMILES string of the molecule is Cc1ccccc1C1(C)CC1N=C(N)N1CCOCC1. The van der Waals surface area contributed by atoms with Crippen LogP contribution < -0.4 is 5.73 Å². The Bertz CT molecular complexity index is 522. The van der Waals surface area contributed by atoms with E-state index < -0.39 is 0 Å². The molecule has 20 heavy (non-hydrogen) atoms. The molecule has 3 rings (SSSR count). The van der Waals surface area contributed by atoms with E-state index in [1.807, 2.05) is 0 Å². The van der Waals surface area contributed by atoms with Gasteiger partial charge in [-0.2, -0.15) is 0 Å². The van der Waals surface area contributed by atoms with Crippen LogP contribution in [-0.2, 0) is 10.2 Å². The van der Waals surface area contributed by atoms with Crippen molar-refractivity contribution in [2.75, 3.05) is 26.3 Å². The van der Waals surface area contributed by atoms with Gasteiger partial charge in [0.05, 0.1) is 19.3 Å². The molecule has 1 heterocycles. The maximum atomic E-state index is 6.15. The highest BCUT2D eigenvalue weighted by Gasteiger charge is 2.52. The van der Waals surface area contributed by atoms with Crippen molar-refractivity contribution in [3.8, 4) is 0 Å². The van der Waals surface area contributed by atoms with E-state index >= 15 is 0 Å². The van der Waals surface area contributed by atoms with Crippen LogP contribution in [0.2, 0.25) is 0 Å². The molecule has 0 amide bonds. The maximum absolute atomic E-state index is 6.15. The molecular weight excluding hydrogens is 250 g/mol. The van der Waals surface area contributed by atoms with Crippen molar-refractivity contribution in [1.82, 2.24) is 4.90 Å². The summed E-state index contributed by atoms with van der Waals surface area (Å²) >= 11 is 0. The minimum absolute atomic E-state index is 0.155. The molecule has 108 valence electrons. The van der Waals surface area contributed by atoms with Crippen molar-refractivity contribution in [3.63, 3.8) is 0 Å². The molecular formula is C16H23N3O. The monoisotopic (exact) mass is 273 g/mol. The third kappa shape index (κ3) is 2.40. The van der Waals surface area contributed by atoms with Crippen LogP contribution in [-0.4, -0.2) is 43.2 Å². The fourth-order valence-corrected chi connectivity index (χ4v) is 3.07. The van der Waals surface area contributed by atoms with E-state index in [1.54, 1.807) is 0 Å². The van der Waals surface area contributed by atoms with E-state index in [0.29, 0.717) is 12.0 Å². The van der Waals surface area contributed by atoms with Crippen molar-refractivity contribution in [2.45, 2.75) is 31.7 Å². The van der Waals surface area contributed by atoms with Crippen molar-refractivity contribution in [3.05, 3.63) is 35.4 Å². The first kappa shape index (κ1) is 13.4. The number of nitrogens with two attached hydrogens (primary N) is 1. The molecule has 0 radical (unpaired) electrons. The topological polar surface area (TPSA) is 50.8 Å². The summed E-state index contributed by atoms with van der Waals surface area (Å²) in [5.41, 5.74) is 9.05. The highest BCUT2D eigenvalue weighted by molar-refractivity contribution is 5.79. The van der Waals surface area contributed by atoms with Gasteiger partial charge in [-0.25, -0.2) is 4.99 Å². The number of aliphatic imine (C=N–C) groups is 1. The molecule has 0 bridgehead atoms.